The first-order chi connectivity index (χ1) is 10.1. The molecule has 0 aromatic carbocycles. The number of nitrogens with one attached hydrogen (secondary N) is 1. The molecular weight excluding hydrogens is 284 g/mol. The first kappa shape index (κ1) is 16.2. The summed E-state index contributed by atoms with van der Waals surface area (Å²) >= 11 is 1.74. The van der Waals surface area contributed by atoms with Crippen LogP contribution >= 0.6 is 11.3 Å². The van der Waals surface area contributed by atoms with Crippen LogP contribution in [-0.2, 0) is 12.8 Å². The van der Waals surface area contributed by atoms with E-state index in [0.29, 0.717) is 12.6 Å². The quantitative estimate of drug-likeness (QED) is 0.905. The van der Waals surface area contributed by atoms with Crippen molar-refractivity contribution in [1.82, 2.24) is 20.1 Å². The van der Waals surface area contributed by atoms with Crippen molar-refractivity contribution in [2.24, 2.45) is 0 Å². The van der Waals surface area contributed by atoms with Crippen LogP contribution in [0.3, 0.4) is 0 Å². The molecule has 6 heteroatoms. The average Bonchev–Trinajstić information content (AvgIpc) is 2.95. The van der Waals surface area contributed by atoms with Gasteiger partial charge in [-0.3, -0.25) is 0 Å². The largest absolute Gasteiger partial charge is 0.338 e. The van der Waals surface area contributed by atoms with Gasteiger partial charge in [0.25, 0.3) is 0 Å². The second kappa shape index (κ2) is 7.75. The van der Waals surface area contributed by atoms with Crippen LogP contribution in [0.2, 0.25) is 0 Å². The number of aromatic nitrogens is 1. The summed E-state index contributed by atoms with van der Waals surface area (Å²) in [6.45, 7) is 4.50. The van der Waals surface area contributed by atoms with Gasteiger partial charge < -0.3 is 15.1 Å². The summed E-state index contributed by atoms with van der Waals surface area (Å²) in [5.41, 5.74) is 0. The van der Waals surface area contributed by atoms with E-state index in [1.165, 1.54) is 11.3 Å². The van der Waals surface area contributed by atoms with Crippen molar-refractivity contribution in [3.05, 3.63) is 16.1 Å². The SMILES string of the molecule is CCc1cnc(CCNC(=O)N2CCCC(N(C)C)C2)s1. The molecule has 1 fully saturated rings. The van der Waals surface area contributed by atoms with Crippen LogP contribution in [0.15, 0.2) is 6.20 Å². The van der Waals surface area contributed by atoms with Crippen LogP contribution in [0.1, 0.15) is 29.7 Å². The normalized spacial score (nSPS) is 19.0. The summed E-state index contributed by atoms with van der Waals surface area (Å²) in [4.78, 5) is 22.0. The van der Waals surface area contributed by atoms with E-state index in [1.54, 1.807) is 11.3 Å². The second-order valence-corrected chi connectivity index (χ2v) is 6.96. The number of rotatable bonds is 5. The number of hydrogen-bond donors (Lipinski definition) is 1. The molecule has 2 amide bonds. The lowest BCUT2D eigenvalue weighted by molar-refractivity contribution is 0.140. The predicted molar refractivity (Wildman–Crippen MR) is 86.9 cm³/mol. The second-order valence-electron chi connectivity index (χ2n) is 5.76. The monoisotopic (exact) mass is 310 g/mol. The summed E-state index contributed by atoms with van der Waals surface area (Å²) < 4.78 is 0. The van der Waals surface area contributed by atoms with Gasteiger partial charge in [0.05, 0.1) is 5.01 Å². The molecule has 2 heterocycles. The number of amides is 2. The molecule has 0 spiro atoms. The third kappa shape index (κ3) is 4.68. The van der Waals surface area contributed by atoms with Gasteiger partial charge in [-0.2, -0.15) is 0 Å². The van der Waals surface area contributed by atoms with Gasteiger partial charge >= 0.3 is 6.03 Å². The van der Waals surface area contributed by atoms with Gasteiger partial charge in [-0.05, 0) is 33.4 Å². The Bertz CT molecular complexity index is 460. The highest BCUT2D eigenvalue weighted by Crippen LogP contribution is 2.15. The fraction of sp³-hybridized carbons (Fsp3) is 0.733. The molecule has 1 atom stereocenters. The van der Waals surface area contributed by atoms with E-state index in [1.807, 2.05) is 11.1 Å². The van der Waals surface area contributed by atoms with E-state index in [9.17, 15) is 4.79 Å². The van der Waals surface area contributed by atoms with Gasteiger partial charge in [0.2, 0.25) is 0 Å². The summed E-state index contributed by atoms with van der Waals surface area (Å²) in [6.07, 6.45) is 6.05. The minimum Gasteiger partial charge on any atom is -0.338 e. The highest BCUT2D eigenvalue weighted by atomic mass is 32.1. The van der Waals surface area contributed by atoms with Gasteiger partial charge in [0, 0.05) is 43.2 Å². The van der Waals surface area contributed by atoms with Crippen LogP contribution in [0.4, 0.5) is 4.79 Å². The van der Waals surface area contributed by atoms with Gasteiger partial charge in [-0.25, -0.2) is 9.78 Å². The molecule has 1 unspecified atom stereocenters. The minimum atomic E-state index is 0.0637. The van der Waals surface area contributed by atoms with E-state index in [-0.39, 0.29) is 6.03 Å². The van der Waals surface area contributed by atoms with Crippen LogP contribution in [0.25, 0.3) is 0 Å². The molecule has 5 nitrogen and oxygen atoms in total. The van der Waals surface area contributed by atoms with Crippen molar-refractivity contribution in [2.45, 2.75) is 38.6 Å². The minimum absolute atomic E-state index is 0.0637. The molecule has 1 aromatic heterocycles. The Balaban J connectivity index is 1.73. The lowest BCUT2D eigenvalue weighted by atomic mass is 10.1. The van der Waals surface area contributed by atoms with E-state index in [4.69, 9.17) is 0 Å². The van der Waals surface area contributed by atoms with Crippen LogP contribution in [0.5, 0.6) is 0 Å². The number of likely N-dealkylation sites (N-methyl/N-ethyl adjacent to an activating group) is 1. The number of piperidine rings is 1. The third-order valence-electron chi connectivity index (χ3n) is 3.98. The maximum atomic E-state index is 12.2. The van der Waals surface area contributed by atoms with E-state index in [0.717, 1.165) is 37.4 Å². The van der Waals surface area contributed by atoms with Gasteiger partial charge in [-0.1, -0.05) is 6.92 Å². The Morgan fingerprint density at radius 3 is 3.05 bits per heavy atom. The van der Waals surface area contributed by atoms with Gasteiger partial charge in [0.15, 0.2) is 0 Å². The van der Waals surface area contributed by atoms with Crippen LogP contribution < -0.4 is 5.32 Å². The summed E-state index contributed by atoms with van der Waals surface area (Å²) in [5, 5.41) is 4.13. The smallest absolute Gasteiger partial charge is 0.317 e. The topological polar surface area (TPSA) is 48.5 Å². The zero-order chi connectivity index (χ0) is 15.2. The number of hydrogen-bond acceptors (Lipinski definition) is 4. The predicted octanol–water partition coefficient (Wildman–Crippen LogP) is 1.98. The third-order valence-corrected chi connectivity index (χ3v) is 5.18. The zero-order valence-corrected chi connectivity index (χ0v) is 14.1. The molecule has 0 aliphatic carbocycles. The molecule has 1 saturated heterocycles. The van der Waals surface area contributed by atoms with Crippen LogP contribution in [0, 0.1) is 0 Å². The number of thiazole rings is 1. The maximum Gasteiger partial charge on any atom is 0.317 e. The standard InChI is InChI=1S/C15H26N4OS/c1-4-13-10-17-14(21-13)7-8-16-15(20)19-9-5-6-12(11-19)18(2)3/h10,12H,4-9,11H2,1-3H3,(H,16,20). The van der Waals surface area contributed by atoms with Crippen molar-refractivity contribution < 1.29 is 4.79 Å². The van der Waals surface area contributed by atoms with Crippen molar-refractivity contribution in [2.75, 3.05) is 33.7 Å². The number of likely N-dealkylation sites (tertiary alicyclic amines) is 1. The zero-order valence-electron chi connectivity index (χ0n) is 13.3. The molecular formula is C15H26N4OS. The lowest BCUT2D eigenvalue weighted by Gasteiger charge is -2.36. The summed E-state index contributed by atoms with van der Waals surface area (Å²) in [6, 6.07) is 0.546. The van der Waals surface area contributed by atoms with Crippen LogP contribution in [-0.4, -0.2) is 60.6 Å². The van der Waals surface area contributed by atoms with Crippen molar-refractivity contribution >= 4 is 17.4 Å². The first-order valence-corrected chi connectivity index (χ1v) is 8.54. The fourth-order valence-corrected chi connectivity index (χ4v) is 3.44. The first-order valence-electron chi connectivity index (χ1n) is 7.73. The fourth-order valence-electron chi connectivity index (χ4n) is 2.58. The van der Waals surface area contributed by atoms with Crippen molar-refractivity contribution in [1.29, 1.82) is 0 Å². The maximum absolute atomic E-state index is 12.2. The highest BCUT2D eigenvalue weighted by molar-refractivity contribution is 7.11. The summed E-state index contributed by atoms with van der Waals surface area (Å²) in [5.74, 6) is 0. The van der Waals surface area contributed by atoms with E-state index < -0.39 is 0 Å². The van der Waals surface area contributed by atoms with E-state index >= 15 is 0 Å². The van der Waals surface area contributed by atoms with E-state index in [2.05, 4.69) is 36.2 Å². The van der Waals surface area contributed by atoms with Crippen molar-refractivity contribution in [3.63, 3.8) is 0 Å². The number of carbonyl (C=O) groups excluding carboxylic acids is 1. The molecule has 1 N–H and O–H groups in total. The molecule has 21 heavy (non-hydrogen) atoms. The molecule has 1 aromatic rings. The Hall–Kier alpha value is -1.14. The average molecular weight is 310 g/mol. The Labute approximate surface area is 131 Å². The molecule has 0 saturated carbocycles. The number of urea groups is 1. The number of nitrogens with zero attached hydrogens (tertiary/aromatic N) is 3. The molecule has 118 valence electrons. The van der Waals surface area contributed by atoms with Gasteiger partial charge in [0.1, 0.15) is 0 Å². The highest BCUT2D eigenvalue weighted by Gasteiger charge is 2.24. The van der Waals surface area contributed by atoms with Gasteiger partial charge in [-0.15, -0.1) is 11.3 Å². The Kier molecular flexibility index (Phi) is 5.99. The Morgan fingerprint density at radius 1 is 1.57 bits per heavy atom. The molecule has 0 radical (unpaired) electrons. The Morgan fingerprint density at radius 2 is 2.38 bits per heavy atom. The molecule has 2 rings (SSSR count). The number of aryl methyl sites for hydroxylation is 1. The van der Waals surface area contributed by atoms with Crippen molar-refractivity contribution in [3.8, 4) is 0 Å². The lowest BCUT2D eigenvalue weighted by Crippen LogP contribution is -2.50. The molecule has 1 aliphatic heterocycles. The molecule has 0 bridgehead atoms. The number of carbonyl (C=O) groups is 1. The molecule has 1 aliphatic rings. The summed E-state index contributed by atoms with van der Waals surface area (Å²) in [7, 11) is 4.17.